The molecule has 2 N–H and O–H groups in total. The van der Waals surface area contributed by atoms with Crippen molar-refractivity contribution >= 4 is 28.5 Å². The number of H-pyrrole nitrogens is 1. The van der Waals surface area contributed by atoms with E-state index in [2.05, 4.69) is 4.98 Å². The highest BCUT2D eigenvalue weighted by Crippen LogP contribution is 2.22. The third-order valence-corrected chi connectivity index (χ3v) is 5.49. The minimum absolute atomic E-state index is 0.0381. The number of aromatic nitrogens is 3. The molecule has 0 amide bonds. The molecule has 0 unspecified atom stereocenters. The number of hydrogen-bond donors (Lipinski definition) is 2. The smallest absolute Gasteiger partial charge is 0.333 e. The van der Waals surface area contributed by atoms with Crippen molar-refractivity contribution in [3.05, 3.63) is 97.3 Å². The number of halogens is 3. The quantitative estimate of drug-likeness (QED) is 0.415. The van der Waals surface area contributed by atoms with Crippen LogP contribution in [0, 0.1) is 11.6 Å². The molecular weight excluding hydrogens is 472 g/mol. The first-order valence-electron chi connectivity index (χ1n) is 10.1. The number of imidazole rings is 1. The lowest BCUT2D eigenvalue weighted by Crippen LogP contribution is -2.24. The molecule has 0 fully saturated rings. The van der Waals surface area contributed by atoms with E-state index in [9.17, 15) is 23.2 Å². The predicted octanol–water partition coefficient (Wildman–Crippen LogP) is 3.07. The molecule has 2 aromatic heterocycles. The molecule has 34 heavy (non-hydrogen) atoms. The second kappa shape index (κ2) is 9.62. The molecule has 0 saturated heterocycles. The fraction of sp³-hybridized carbons (Fsp3) is 0.174. The van der Waals surface area contributed by atoms with Crippen LogP contribution in [0.5, 0.6) is 5.75 Å². The molecule has 176 valence electrons. The van der Waals surface area contributed by atoms with Gasteiger partial charge in [-0.3, -0.25) is 9.59 Å². The van der Waals surface area contributed by atoms with Gasteiger partial charge >= 0.3 is 5.69 Å². The zero-order valence-corrected chi connectivity index (χ0v) is 18.3. The third-order valence-electron chi connectivity index (χ3n) is 5.14. The number of benzene rings is 2. The summed E-state index contributed by atoms with van der Waals surface area (Å²) in [5.74, 6) is -2.01. The largest absolute Gasteiger partial charge is 0.487 e. The number of fused-ring (bicyclic) bond motifs is 1. The van der Waals surface area contributed by atoms with Crippen molar-refractivity contribution < 1.29 is 23.4 Å². The highest BCUT2D eigenvalue weighted by molar-refractivity contribution is 6.31. The molecule has 0 saturated carbocycles. The Balaban J connectivity index is 1.58. The van der Waals surface area contributed by atoms with Gasteiger partial charge in [0.05, 0.1) is 30.6 Å². The van der Waals surface area contributed by atoms with Gasteiger partial charge in [0.1, 0.15) is 29.0 Å². The number of carbonyl (C=O) groups excluding carboxylic acids is 1. The first-order chi connectivity index (χ1) is 16.3. The zero-order valence-electron chi connectivity index (χ0n) is 17.6. The Hall–Kier alpha value is -3.76. The first-order valence-corrected chi connectivity index (χ1v) is 10.5. The molecule has 4 aromatic rings. The number of rotatable bonds is 7. The lowest BCUT2D eigenvalue weighted by molar-refractivity contribution is 0.0876. The normalized spacial score (nSPS) is 11.2. The van der Waals surface area contributed by atoms with Crippen molar-refractivity contribution in [3.63, 3.8) is 0 Å². The molecule has 2 heterocycles. The van der Waals surface area contributed by atoms with Crippen LogP contribution in [0.15, 0.2) is 58.3 Å². The molecule has 0 aliphatic rings. The summed E-state index contributed by atoms with van der Waals surface area (Å²) < 4.78 is 34.5. The van der Waals surface area contributed by atoms with E-state index in [0.717, 1.165) is 16.7 Å². The van der Waals surface area contributed by atoms with Crippen LogP contribution in [0.2, 0.25) is 5.02 Å². The second-order valence-corrected chi connectivity index (χ2v) is 7.81. The molecule has 0 spiro atoms. The summed E-state index contributed by atoms with van der Waals surface area (Å²) in [6.45, 7) is -0.568. The highest BCUT2D eigenvalue weighted by Gasteiger charge is 2.15. The van der Waals surface area contributed by atoms with Gasteiger partial charge in [-0.1, -0.05) is 17.7 Å². The Labute approximate surface area is 195 Å². The van der Waals surface area contributed by atoms with E-state index in [1.54, 1.807) is 18.2 Å². The van der Waals surface area contributed by atoms with Crippen LogP contribution in [-0.4, -0.2) is 31.7 Å². The van der Waals surface area contributed by atoms with E-state index >= 15 is 0 Å². The minimum Gasteiger partial charge on any atom is -0.487 e. The van der Waals surface area contributed by atoms with Gasteiger partial charge < -0.3 is 19.4 Å². The van der Waals surface area contributed by atoms with Crippen LogP contribution in [0.3, 0.4) is 0 Å². The molecule has 0 atom stereocenters. The van der Waals surface area contributed by atoms with Crippen molar-refractivity contribution in [2.75, 3.05) is 6.61 Å². The molecule has 11 heteroatoms. The number of aliphatic hydroxyl groups excluding tert-OH is 1. The molecule has 0 aliphatic carbocycles. The molecular formula is C23H18ClF2N3O5. The minimum atomic E-state index is -0.777. The average Bonchev–Trinajstić information content (AvgIpc) is 3.12. The number of nitrogens with one attached hydrogen (secondary N) is 1. The lowest BCUT2D eigenvalue weighted by atomic mass is 10.2. The van der Waals surface area contributed by atoms with Crippen molar-refractivity contribution in [2.45, 2.75) is 19.6 Å². The molecule has 0 bridgehead atoms. The van der Waals surface area contributed by atoms with Crippen LogP contribution < -0.4 is 16.0 Å². The van der Waals surface area contributed by atoms with Gasteiger partial charge in [-0.15, -0.1) is 0 Å². The van der Waals surface area contributed by atoms with Gasteiger partial charge in [-0.2, -0.15) is 0 Å². The Morgan fingerprint density at radius 3 is 2.65 bits per heavy atom. The maximum Gasteiger partial charge on any atom is 0.333 e. The Morgan fingerprint density at radius 1 is 1.12 bits per heavy atom. The third kappa shape index (κ3) is 4.63. The number of carbonyl (C=O) groups is 1. The predicted molar refractivity (Wildman–Crippen MR) is 120 cm³/mol. The van der Waals surface area contributed by atoms with Gasteiger partial charge in [-0.05, 0) is 35.9 Å². The monoisotopic (exact) mass is 489 g/mol. The molecule has 2 aromatic carbocycles. The summed E-state index contributed by atoms with van der Waals surface area (Å²) >= 11 is 6.16. The number of hydrogen-bond acceptors (Lipinski definition) is 5. The van der Waals surface area contributed by atoms with Gasteiger partial charge in [-0.25, -0.2) is 18.1 Å². The summed E-state index contributed by atoms with van der Waals surface area (Å²) in [4.78, 5) is 39.6. The molecule has 8 nitrogen and oxygen atoms in total. The Kier molecular flexibility index (Phi) is 6.62. The SMILES string of the molecule is O=C(CCO)n1c(=O)[nH]c2ccc(Cn3ccc(OCc4ccc(F)cc4F)c(Cl)c3=O)cc21. The van der Waals surface area contributed by atoms with Crippen LogP contribution in [-0.2, 0) is 13.2 Å². The second-order valence-electron chi connectivity index (χ2n) is 7.44. The topological polar surface area (TPSA) is 106 Å². The lowest BCUT2D eigenvalue weighted by Gasteiger charge is -2.12. The maximum atomic E-state index is 13.8. The van der Waals surface area contributed by atoms with Crippen molar-refractivity contribution in [1.82, 2.24) is 14.1 Å². The number of aliphatic hydroxyl groups is 1. The van der Waals surface area contributed by atoms with E-state index in [4.69, 9.17) is 21.4 Å². The van der Waals surface area contributed by atoms with Gasteiger partial charge in [0.2, 0.25) is 5.91 Å². The van der Waals surface area contributed by atoms with Crippen molar-refractivity contribution in [2.24, 2.45) is 0 Å². The Bertz CT molecular complexity index is 1510. The van der Waals surface area contributed by atoms with Crippen LogP contribution in [0.25, 0.3) is 11.0 Å². The average molecular weight is 490 g/mol. The van der Waals surface area contributed by atoms with Crippen molar-refractivity contribution in [1.29, 1.82) is 0 Å². The van der Waals surface area contributed by atoms with Crippen LogP contribution >= 0.6 is 11.6 Å². The van der Waals surface area contributed by atoms with E-state index in [1.165, 1.54) is 22.9 Å². The van der Waals surface area contributed by atoms with Crippen LogP contribution in [0.1, 0.15) is 22.3 Å². The van der Waals surface area contributed by atoms with E-state index in [1.807, 2.05) is 0 Å². The van der Waals surface area contributed by atoms with E-state index in [-0.39, 0.29) is 35.9 Å². The Morgan fingerprint density at radius 2 is 1.91 bits per heavy atom. The van der Waals surface area contributed by atoms with Gasteiger partial charge in [0.25, 0.3) is 5.56 Å². The number of ether oxygens (including phenoxy) is 1. The van der Waals surface area contributed by atoms with E-state index in [0.29, 0.717) is 16.6 Å². The maximum absolute atomic E-state index is 13.8. The van der Waals surface area contributed by atoms with E-state index < -0.39 is 35.4 Å². The standard InChI is InChI=1S/C23H18ClF2N3O5/c24-21-19(34-12-14-2-3-15(25)10-16(14)26)5-7-28(22(21)32)11-13-1-4-17-18(9-13)29(23(33)27-17)20(31)6-8-30/h1-5,7,9-10,30H,6,8,11-12H2,(H,27,33). The number of pyridine rings is 1. The van der Waals surface area contributed by atoms with Gasteiger partial charge in [0, 0.05) is 17.8 Å². The fourth-order valence-electron chi connectivity index (χ4n) is 3.46. The van der Waals surface area contributed by atoms with Crippen LogP contribution in [0.4, 0.5) is 8.78 Å². The number of nitrogens with zero attached hydrogens (tertiary/aromatic N) is 2. The van der Waals surface area contributed by atoms with Gasteiger partial charge in [0.15, 0.2) is 0 Å². The summed E-state index contributed by atoms with van der Waals surface area (Å²) in [6, 6.07) is 9.39. The molecule has 4 rings (SSSR count). The fourth-order valence-corrected chi connectivity index (χ4v) is 3.68. The van der Waals surface area contributed by atoms with Crippen molar-refractivity contribution in [3.8, 4) is 5.75 Å². The summed E-state index contributed by atoms with van der Waals surface area (Å²) in [7, 11) is 0. The first kappa shape index (κ1) is 23.4. The molecule has 0 radical (unpaired) electrons. The number of aromatic amines is 1. The zero-order chi connectivity index (χ0) is 24.4. The highest BCUT2D eigenvalue weighted by atomic mass is 35.5. The summed E-state index contributed by atoms with van der Waals surface area (Å²) in [6.07, 6.45) is 1.23. The summed E-state index contributed by atoms with van der Waals surface area (Å²) in [5.41, 5.74) is 0.274. The molecule has 0 aliphatic heterocycles. The summed E-state index contributed by atoms with van der Waals surface area (Å²) in [5, 5.41) is 8.79.